The van der Waals surface area contributed by atoms with Crippen molar-refractivity contribution >= 4 is 17.2 Å². The molecule has 3 heteroatoms. The van der Waals surface area contributed by atoms with E-state index in [-0.39, 0.29) is 5.91 Å². The van der Waals surface area contributed by atoms with Crippen molar-refractivity contribution in [3.8, 4) is 0 Å². The van der Waals surface area contributed by atoms with Crippen molar-refractivity contribution in [3.63, 3.8) is 0 Å². The van der Waals surface area contributed by atoms with Gasteiger partial charge in [0.2, 0.25) is 0 Å². The molecule has 1 aromatic rings. The standard InChI is InChI=1S/C14H19NOS/c1-8(2)15-7-10-9-5-14(3,4)6-11(9)17-12(10)13(15)16/h8H,5-7H2,1-4H3. The van der Waals surface area contributed by atoms with Crippen molar-refractivity contribution in [2.75, 3.05) is 0 Å². The lowest BCUT2D eigenvalue weighted by Crippen LogP contribution is -2.30. The van der Waals surface area contributed by atoms with E-state index in [1.165, 1.54) is 16.0 Å². The van der Waals surface area contributed by atoms with E-state index in [0.29, 0.717) is 11.5 Å². The highest BCUT2D eigenvalue weighted by molar-refractivity contribution is 7.14. The molecule has 0 N–H and O–H groups in total. The van der Waals surface area contributed by atoms with Gasteiger partial charge in [-0.3, -0.25) is 4.79 Å². The Kier molecular flexibility index (Phi) is 2.22. The summed E-state index contributed by atoms with van der Waals surface area (Å²) in [6, 6.07) is 0.312. The molecule has 0 saturated heterocycles. The maximum absolute atomic E-state index is 12.2. The van der Waals surface area contributed by atoms with Crippen molar-refractivity contribution in [1.29, 1.82) is 0 Å². The number of rotatable bonds is 1. The Morgan fingerprint density at radius 2 is 1.94 bits per heavy atom. The van der Waals surface area contributed by atoms with Crippen LogP contribution >= 0.6 is 11.3 Å². The molecular weight excluding hydrogens is 230 g/mol. The van der Waals surface area contributed by atoms with Gasteiger partial charge in [-0.15, -0.1) is 11.3 Å². The third-order valence-electron chi connectivity index (χ3n) is 3.90. The van der Waals surface area contributed by atoms with Crippen LogP contribution in [0.3, 0.4) is 0 Å². The fraction of sp³-hybridized carbons (Fsp3) is 0.643. The minimum atomic E-state index is 0.257. The summed E-state index contributed by atoms with van der Waals surface area (Å²) in [4.78, 5) is 16.7. The van der Waals surface area contributed by atoms with Crippen LogP contribution in [-0.2, 0) is 19.4 Å². The number of nitrogens with zero attached hydrogens (tertiary/aromatic N) is 1. The molecule has 0 bridgehead atoms. The van der Waals surface area contributed by atoms with Crippen molar-refractivity contribution in [2.24, 2.45) is 5.41 Å². The van der Waals surface area contributed by atoms with E-state index in [1.807, 2.05) is 4.90 Å². The molecule has 2 aliphatic rings. The monoisotopic (exact) mass is 249 g/mol. The maximum atomic E-state index is 12.2. The van der Waals surface area contributed by atoms with E-state index in [0.717, 1.165) is 24.3 Å². The van der Waals surface area contributed by atoms with Crippen LogP contribution < -0.4 is 0 Å². The Morgan fingerprint density at radius 1 is 1.24 bits per heavy atom. The average molecular weight is 249 g/mol. The molecule has 92 valence electrons. The Labute approximate surface area is 107 Å². The van der Waals surface area contributed by atoms with E-state index in [9.17, 15) is 4.79 Å². The van der Waals surface area contributed by atoms with Crippen molar-refractivity contribution in [3.05, 3.63) is 20.9 Å². The zero-order valence-corrected chi connectivity index (χ0v) is 11.8. The summed E-state index contributed by atoms with van der Waals surface area (Å²) < 4.78 is 0. The summed E-state index contributed by atoms with van der Waals surface area (Å²) in [6.07, 6.45) is 2.29. The lowest BCUT2D eigenvalue weighted by atomic mass is 9.90. The zero-order valence-electron chi connectivity index (χ0n) is 11.0. The third-order valence-corrected chi connectivity index (χ3v) is 5.16. The minimum Gasteiger partial charge on any atom is -0.331 e. The van der Waals surface area contributed by atoms with Crippen LogP contribution in [0.15, 0.2) is 0 Å². The van der Waals surface area contributed by atoms with Crippen LogP contribution in [0.25, 0.3) is 0 Å². The summed E-state index contributed by atoms with van der Waals surface area (Å²) in [7, 11) is 0. The first kappa shape index (κ1) is 11.3. The molecule has 0 spiro atoms. The Balaban J connectivity index is 2.00. The lowest BCUT2D eigenvalue weighted by Gasteiger charge is -2.20. The molecular formula is C14H19NOS. The van der Waals surface area contributed by atoms with Gasteiger partial charge in [-0.05, 0) is 43.2 Å². The normalized spacial score (nSPS) is 21.2. The van der Waals surface area contributed by atoms with Gasteiger partial charge in [0.05, 0.1) is 4.88 Å². The summed E-state index contributed by atoms with van der Waals surface area (Å²) in [6.45, 7) is 9.68. The molecule has 0 unspecified atom stereocenters. The molecule has 3 rings (SSSR count). The molecule has 0 atom stereocenters. The second kappa shape index (κ2) is 3.35. The van der Waals surface area contributed by atoms with Gasteiger partial charge in [-0.2, -0.15) is 0 Å². The van der Waals surface area contributed by atoms with Gasteiger partial charge in [0.25, 0.3) is 5.91 Å². The van der Waals surface area contributed by atoms with Gasteiger partial charge >= 0.3 is 0 Å². The molecule has 2 heterocycles. The summed E-state index contributed by atoms with van der Waals surface area (Å²) in [5.41, 5.74) is 3.23. The quantitative estimate of drug-likeness (QED) is 0.748. The second-order valence-electron chi connectivity index (χ2n) is 6.36. The smallest absolute Gasteiger partial charge is 0.264 e. The molecule has 0 fully saturated rings. The fourth-order valence-corrected chi connectivity index (χ4v) is 4.55. The highest BCUT2D eigenvalue weighted by Crippen LogP contribution is 2.46. The van der Waals surface area contributed by atoms with E-state index in [4.69, 9.17) is 0 Å². The van der Waals surface area contributed by atoms with E-state index < -0.39 is 0 Å². The molecule has 0 aromatic carbocycles. The Hall–Kier alpha value is -0.830. The van der Waals surface area contributed by atoms with Crippen LogP contribution in [0.4, 0.5) is 0 Å². The molecule has 1 aliphatic carbocycles. The topological polar surface area (TPSA) is 20.3 Å². The first-order valence-electron chi connectivity index (χ1n) is 6.33. The Morgan fingerprint density at radius 3 is 2.59 bits per heavy atom. The number of hydrogen-bond donors (Lipinski definition) is 0. The predicted octanol–water partition coefficient (Wildman–Crippen LogP) is 3.24. The number of hydrogen-bond acceptors (Lipinski definition) is 2. The molecule has 2 nitrogen and oxygen atoms in total. The lowest BCUT2D eigenvalue weighted by molar-refractivity contribution is 0.0733. The zero-order chi connectivity index (χ0) is 12.4. The molecule has 1 aliphatic heterocycles. The van der Waals surface area contributed by atoms with E-state index in [2.05, 4.69) is 27.7 Å². The largest absolute Gasteiger partial charge is 0.331 e. The van der Waals surface area contributed by atoms with Crippen molar-refractivity contribution in [2.45, 2.75) is 53.1 Å². The maximum Gasteiger partial charge on any atom is 0.264 e. The van der Waals surface area contributed by atoms with Crippen molar-refractivity contribution in [1.82, 2.24) is 4.90 Å². The molecule has 0 radical (unpaired) electrons. The number of fused-ring (bicyclic) bond motifs is 3. The molecule has 1 aromatic heterocycles. The van der Waals surface area contributed by atoms with Gasteiger partial charge in [0.15, 0.2) is 0 Å². The summed E-state index contributed by atoms with van der Waals surface area (Å²) in [5, 5.41) is 0. The third kappa shape index (κ3) is 1.55. The van der Waals surface area contributed by atoms with E-state index >= 15 is 0 Å². The van der Waals surface area contributed by atoms with Crippen LogP contribution in [0, 0.1) is 5.41 Å². The van der Waals surface area contributed by atoms with Crippen LogP contribution in [0.1, 0.15) is 53.4 Å². The number of carbonyl (C=O) groups excluding carboxylic acids is 1. The molecule has 0 saturated carbocycles. The summed E-state index contributed by atoms with van der Waals surface area (Å²) in [5.74, 6) is 0.257. The SMILES string of the molecule is CC(C)N1Cc2c(sc3c2CC(C)(C)C3)C1=O. The van der Waals surface area contributed by atoms with Crippen LogP contribution in [0.2, 0.25) is 0 Å². The van der Waals surface area contributed by atoms with Gasteiger partial charge in [0.1, 0.15) is 0 Å². The number of amides is 1. The van der Waals surface area contributed by atoms with Gasteiger partial charge < -0.3 is 4.90 Å². The van der Waals surface area contributed by atoms with Gasteiger partial charge in [-0.25, -0.2) is 0 Å². The molecule has 1 amide bonds. The van der Waals surface area contributed by atoms with Gasteiger partial charge in [0, 0.05) is 17.5 Å². The highest BCUT2D eigenvalue weighted by Gasteiger charge is 2.40. The van der Waals surface area contributed by atoms with Gasteiger partial charge in [-0.1, -0.05) is 13.8 Å². The number of carbonyl (C=O) groups is 1. The van der Waals surface area contributed by atoms with Crippen LogP contribution in [0.5, 0.6) is 0 Å². The molecule has 17 heavy (non-hydrogen) atoms. The highest BCUT2D eigenvalue weighted by atomic mass is 32.1. The van der Waals surface area contributed by atoms with Crippen molar-refractivity contribution < 1.29 is 4.79 Å². The van der Waals surface area contributed by atoms with Crippen LogP contribution in [-0.4, -0.2) is 16.8 Å². The number of thiophene rings is 1. The first-order chi connectivity index (χ1) is 7.89. The Bertz CT molecular complexity index is 499. The fourth-order valence-electron chi connectivity index (χ4n) is 3.01. The van der Waals surface area contributed by atoms with E-state index in [1.54, 1.807) is 11.3 Å². The summed E-state index contributed by atoms with van der Waals surface area (Å²) >= 11 is 1.75. The predicted molar refractivity (Wildman–Crippen MR) is 70.5 cm³/mol. The first-order valence-corrected chi connectivity index (χ1v) is 7.15. The average Bonchev–Trinajstić information content (AvgIpc) is 2.75. The second-order valence-corrected chi connectivity index (χ2v) is 7.46. The minimum absolute atomic E-state index is 0.257.